The third-order valence-electron chi connectivity index (χ3n) is 9.35. The van der Waals surface area contributed by atoms with Crippen molar-refractivity contribution in [1.82, 2.24) is 25.3 Å². The molecule has 1 aliphatic carbocycles. The molecule has 0 aromatic heterocycles. The number of unbranched alkanes of at least 4 members (excludes halogenated alkanes) is 14. The van der Waals surface area contributed by atoms with Crippen molar-refractivity contribution < 1.29 is 24.0 Å². The summed E-state index contributed by atoms with van der Waals surface area (Å²) in [6.45, 7) is 3.51. The summed E-state index contributed by atoms with van der Waals surface area (Å²) in [5, 5.41) is 4.72. The third kappa shape index (κ3) is 7.16. The van der Waals surface area contributed by atoms with Gasteiger partial charge in [-0.2, -0.15) is 0 Å². The Morgan fingerprint density at radius 3 is 1.38 bits per heavy atom. The zero-order valence-corrected chi connectivity index (χ0v) is 24.3. The highest BCUT2D eigenvalue weighted by atomic mass is 16.2. The second-order valence-electron chi connectivity index (χ2n) is 12.1. The lowest BCUT2D eigenvalue weighted by molar-refractivity contribution is -0.162. The summed E-state index contributed by atoms with van der Waals surface area (Å²) in [4.78, 5) is 68.2. The van der Waals surface area contributed by atoms with Crippen LogP contribution < -0.4 is 10.6 Å². The Bertz CT molecular complexity index is 876. The van der Waals surface area contributed by atoms with Gasteiger partial charge in [0.25, 0.3) is 0 Å². The molecule has 0 aromatic carbocycles. The fraction of sp³-hybridized carbons (Fsp3) is 0.833. The number of nitrogens with one attached hydrogen (secondary N) is 2. The number of nitrogens with zero attached hydrogens (tertiary/aromatic N) is 3. The van der Waals surface area contributed by atoms with Gasteiger partial charge in [0, 0.05) is 32.6 Å². The maximum Gasteiger partial charge on any atom is 0.324 e. The van der Waals surface area contributed by atoms with Crippen LogP contribution in [-0.4, -0.2) is 82.7 Å². The van der Waals surface area contributed by atoms with Crippen LogP contribution in [0, 0.1) is 11.8 Å². The fourth-order valence-corrected chi connectivity index (χ4v) is 7.01. The number of amides is 7. The first-order valence-electron chi connectivity index (χ1n) is 15.9. The SMILES string of the molecule is CCCCCCCCCCCCCCCCCC(=O)N1CCN2C(=O)NC(=O)C3C4C(=O)NC(=O)N(CC1)C4C32. The molecule has 7 amide bonds. The zero-order valence-electron chi connectivity index (χ0n) is 24.3. The van der Waals surface area contributed by atoms with E-state index in [0.717, 1.165) is 19.3 Å². The van der Waals surface area contributed by atoms with E-state index >= 15 is 0 Å². The van der Waals surface area contributed by atoms with Crippen molar-refractivity contribution in [3.05, 3.63) is 0 Å². The molecular weight excluding hydrogens is 510 g/mol. The Hall–Kier alpha value is -2.65. The average Bonchev–Trinajstić information content (AvgIpc) is 2.98. The van der Waals surface area contributed by atoms with Gasteiger partial charge in [-0.15, -0.1) is 0 Å². The number of urea groups is 2. The summed E-state index contributed by atoms with van der Waals surface area (Å²) in [6, 6.07) is -2.07. The van der Waals surface area contributed by atoms with Crippen molar-refractivity contribution in [1.29, 1.82) is 0 Å². The Balaban J connectivity index is 1.13. The van der Waals surface area contributed by atoms with Crippen LogP contribution in [0.3, 0.4) is 0 Å². The number of carbonyl (C=O) groups excluding carboxylic acids is 5. The molecule has 1 saturated carbocycles. The highest BCUT2D eigenvalue weighted by Gasteiger charge is 2.67. The van der Waals surface area contributed by atoms with Crippen LogP contribution in [0.15, 0.2) is 0 Å². The number of fused-ring (bicyclic) bond motifs is 1. The highest BCUT2D eigenvalue weighted by molar-refractivity contribution is 6.07. The molecule has 2 N–H and O–H groups in total. The van der Waals surface area contributed by atoms with Crippen molar-refractivity contribution in [2.24, 2.45) is 11.8 Å². The number of rotatable bonds is 16. The van der Waals surface area contributed by atoms with Gasteiger partial charge < -0.3 is 14.7 Å². The first-order valence-corrected chi connectivity index (χ1v) is 15.9. The highest BCUT2D eigenvalue weighted by Crippen LogP contribution is 2.46. The van der Waals surface area contributed by atoms with Gasteiger partial charge in [-0.05, 0) is 6.42 Å². The molecule has 0 spiro atoms. The number of carbonyl (C=O) groups is 5. The molecule has 4 unspecified atom stereocenters. The second-order valence-corrected chi connectivity index (χ2v) is 12.1. The zero-order chi connectivity index (χ0) is 28.5. The van der Waals surface area contributed by atoms with E-state index in [9.17, 15) is 24.0 Å². The first-order chi connectivity index (χ1) is 19.4. The van der Waals surface area contributed by atoms with Crippen molar-refractivity contribution >= 4 is 29.8 Å². The normalized spacial score (nSPS) is 25.9. The molecule has 4 rings (SSSR count). The predicted molar refractivity (Wildman–Crippen MR) is 151 cm³/mol. The molecule has 40 heavy (non-hydrogen) atoms. The maximum absolute atomic E-state index is 13.1. The second kappa shape index (κ2) is 14.8. The van der Waals surface area contributed by atoms with E-state index < -0.39 is 47.8 Å². The van der Waals surface area contributed by atoms with Gasteiger partial charge in [0.2, 0.25) is 17.7 Å². The lowest BCUT2D eigenvalue weighted by Gasteiger charge is -2.60. The van der Waals surface area contributed by atoms with E-state index in [1.807, 2.05) is 0 Å². The summed E-state index contributed by atoms with van der Waals surface area (Å²) in [5.74, 6) is -2.23. The van der Waals surface area contributed by atoms with E-state index in [4.69, 9.17) is 0 Å². The molecule has 0 radical (unpaired) electrons. The van der Waals surface area contributed by atoms with E-state index in [-0.39, 0.29) is 19.0 Å². The van der Waals surface area contributed by atoms with Crippen LogP contribution >= 0.6 is 0 Å². The summed E-state index contributed by atoms with van der Waals surface area (Å²) < 4.78 is 0. The minimum atomic E-state index is -0.666. The summed E-state index contributed by atoms with van der Waals surface area (Å²) >= 11 is 0. The van der Waals surface area contributed by atoms with Crippen LogP contribution in [0.25, 0.3) is 0 Å². The van der Waals surface area contributed by atoms with E-state index in [0.29, 0.717) is 19.5 Å². The Morgan fingerprint density at radius 1 is 0.600 bits per heavy atom. The van der Waals surface area contributed by atoms with Crippen LogP contribution in [0.1, 0.15) is 110 Å². The topological polar surface area (TPSA) is 119 Å². The Labute approximate surface area is 238 Å². The number of hydrogen-bond acceptors (Lipinski definition) is 5. The molecule has 0 bridgehead atoms. The van der Waals surface area contributed by atoms with Crippen LogP contribution in [0.4, 0.5) is 9.59 Å². The maximum atomic E-state index is 13.1. The molecule has 3 saturated heterocycles. The fourth-order valence-electron chi connectivity index (χ4n) is 7.01. The van der Waals surface area contributed by atoms with Gasteiger partial charge in [0.05, 0.1) is 23.9 Å². The monoisotopic (exact) mass is 559 g/mol. The number of hydrogen-bond donors (Lipinski definition) is 2. The van der Waals surface area contributed by atoms with E-state index in [1.54, 1.807) is 14.7 Å². The molecule has 224 valence electrons. The average molecular weight is 560 g/mol. The molecule has 3 heterocycles. The quantitative estimate of drug-likeness (QED) is 0.275. The molecule has 10 nitrogen and oxygen atoms in total. The van der Waals surface area contributed by atoms with Crippen LogP contribution in [0.5, 0.6) is 0 Å². The first kappa shape index (κ1) is 30.3. The molecule has 4 fully saturated rings. The molecule has 10 heteroatoms. The van der Waals surface area contributed by atoms with E-state index in [1.165, 1.54) is 77.0 Å². The lowest BCUT2D eigenvalue weighted by atomic mass is 9.61. The molecule has 0 aromatic rings. The third-order valence-corrected chi connectivity index (χ3v) is 9.35. The molecule has 3 aliphatic heterocycles. The molecule has 4 aliphatic rings. The Kier molecular flexibility index (Phi) is 11.2. The minimum absolute atomic E-state index is 0.0269. The van der Waals surface area contributed by atoms with Crippen LogP contribution in [-0.2, 0) is 14.4 Å². The van der Waals surface area contributed by atoms with Gasteiger partial charge in [-0.3, -0.25) is 25.0 Å². The van der Waals surface area contributed by atoms with Crippen molar-refractivity contribution in [2.75, 3.05) is 26.2 Å². The minimum Gasteiger partial charge on any atom is -0.339 e. The molecule has 4 atom stereocenters. The summed E-state index contributed by atoms with van der Waals surface area (Å²) in [6.07, 6.45) is 19.5. The van der Waals surface area contributed by atoms with E-state index in [2.05, 4.69) is 17.6 Å². The lowest BCUT2D eigenvalue weighted by Crippen LogP contribution is -2.82. The predicted octanol–water partition coefficient (Wildman–Crippen LogP) is 4.18. The van der Waals surface area contributed by atoms with Gasteiger partial charge in [0.1, 0.15) is 0 Å². The van der Waals surface area contributed by atoms with Gasteiger partial charge in [-0.1, -0.05) is 96.8 Å². The summed E-state index contributed by atoms with van der Waals surface area (Å²) in [7, 11) is 0. The largest absolute Gasteiger partial charge is 0.339 e. The van der Waals surface area contributed by atoms with Gasteiger partial charge in [0.15, 0.2) is 0 Å². The van der Waals surface area contributed by atoms with Crippen LogP contribution in [0.2, 0.25) is 0 Å². The summed E-state index contributed by atoms with van der Waals surface area (Å²) in [5.41, 5.74) is 0. The molecular formula is C30H49N5O5. The van der Waals surface area contributed by atoms with Crippen molar-refractivity contribution in [2.45, 2.75) is 122 Å². The number of imide groups is 2. The van der Waals surface area contributed by atoms with Crippen molar-refractivity contribution in [3.8, 4) is 0 Å². The standard InChI is InChI=1S/C30H49N5O5/c1-2-3-4-5-6-7-8-9-10-11-12-13-14-15-16-17-22(36)33-18-20-34-25-23(27(37)31-29(34)39)24-26(25)35(21-19-33)30(40)32-28(24)38/h23-26H,2-21H2,1H3,(H,31,37,39)(H,32,38,40). The smallest absolute Gasteiger partial charge is 0.324 e. The Morgan fingerprint density at radius 2 is 0.975 bits per heavy atom. The van der Waals surface area contributed by atoms with Crippen molar-refractivity contribution in [3.63, 3.8) is 0 Å². The van der Waals surface area contributed by atoms with Gasteiger partial charge >= 0.3 is 12.1 Å². The van der Waals surface area contributed by atoms with Gasteiger partial charge in [-0.25, -0.2) is 9.59 Å².